The average molecular weight is 204 g/mol. The van der Waals surface area contributed by atoms with Crippen LogP contribution in [0.1, 0.15) is 24.5 Å². The minimum atomic E-state index is 0.213. The molecule has 0 aliphatic carbocycles. The van der Waals surface area contributed by atoms with E-state index in [-0.39, 0.29) is 6.04 Å². The molecule has 1 aromatic carbocycles. The number of benzene rings is 1. The second-order valence-corrected chi connectivity index (χ2v) is 4.03. The van der Waals surface area contributed by atoms with E-state index in [1.54, 1.807) is 0 Å². The zero-order valence-corrected chi connectivity index (χ0v) is 9.59. The van der Waals surface area contributed by atoms with Crippen LogP contribution in [0.15, 0.2) is 36.4 Å². The Bertz CT molecular complexity index is 331. The first-order valence-corrected chi connectivity index (χ1v) is 5.31. The molecule has 0 bridgehead atoms. The summed E-state index contributed by atoms with van der Waals surface area (Å²) in [5, 5.41) is 0. The summed E-state index contributed by atoms with van der Waals surface area (Å²) in [6.07, 6.45) is 2.03. The largest absolute Gasteiger partial charge is 0.271 e. The van der Waals surface area contributed by atoms with Crippen molar-refractivity contribution < 1.29 is 0 Å². The number of aryl methyl sites for hydroxylation is 2. The number of rotatable bonds is 5. The van der Waals surface area contributed by atoms with Crippen LogP contribution in [0.2, 0.25) is 0 Å². The van der Waals surface area contributed by atoms with Crippen molar-refractivity contribution in [1.29, 1.82) is 0 Å². The molecule has 15 heavy (non-hydrogen) atoms. The number of hydrogen-bond donors (Lipinski definition) is 2. The van der Waals surface area contributed by atoms with Crippen molar-refractivity contribution in [3.05, 3.63) is 47.5 Å². The van der Waals surface area contributed by atoms with E-state index in [0.29, 0.717) is 0 Å². The summed E-state index contributed by atoms with van der Waals surface area (Å²) in [6, 6.07) is 8.66. The minimum absolute atomic E-state index is 0.213. The van der Waals surface area contributed by atoms with Gasteiger partial charge in [-0.25, -0.2) is 0 Å². The molecule has 2 nitrogen and oxygen atoms in total. The van der Waals surface area contributed by atoms with Crippen molar-refractivity contribution in [2.75, 3.05) is 0 Å². The molecule has 0 saturated carbocycles. The van der Waals surface area contributed by atoms with Gasteiger partial charge in [0, 0.05) is 6.04 Å². The maximum absolute atomic E-state index is 5.47. The summed E-state index contributed by atoms with van der Waals surface area (Å²) in [4.78, 5) is 0. The predicted octanol–water partition coefficient (Wildman–Crippen LogP) is 2.34. The maximum Gasteiger partial charge on any atom is 0.0417 e. The predicted molar refractivity (Wildman–Crippen MR) is 65.4 cm³/mol. The quantitative estimate of drug-likeness (QED) is 0.439. The summed E-state index contributed by atoms with van der Waals surface area (Å²) in [5.41, 5.74) is 6.61. The van der Waals surface area contributed by atoms with Gasteiger partial charge < -0.3 is 0 Å². The van der Waals surface area contributed by atoms with Crippen LogP contribution in [0.5, 0.6) is 0 Å². The number of hydrazine groups is 1. The van der Waals surface area contributed by atoms with Gasteiger partial charge >= 0.3 is 0 Å². The van der Waals surface area contributed by atoms with E-state index in [9.17, 15) is 0 Å². The highest BCUT2D eigenvalue weighted by Gasteiger charge is 2.07. The van der Waals surface area contributed by atoms with Crippen molar-refractivity contribution in [2.45, 2.75) is 32.7 Å². The van der Waals surface area contributed by atoms with E-state index in [1.165, 1.54) is 11.1 Å². The van der Waals surface area contributed by atoms with Gasteiger partial charge in [0.05, 0.1) is 0 Å². The smallest absolute Gasteiger partial charge is 0.0417 e. The highest BCUT2D eigenvalue weighted by molar-refractivity contribution is 5.25. The molecule has 0 fully saturated rings. The monoisotopic (exact) mass is 204 g/mol. The van der Waals surface area contributed by atoms with Crippen LogP contribution >= 0.6 is 0 Å². The molecule has 1 atom stereocenters. The van der Waals surface area contributed by atoms with Crippen molar-refractivity contribution in [3.63, 3.8) is 0 Å². The lowest BCUT2D eigenvalue weighted by Gasteiger charge is -2.16. The molecule has 1 unspecified atom stereocenters. The Morgan fingerprint density at radius 3 is 2.67 bits per heavy atom. The van der Waals surface area contributed by atoms with Crippen LogP contribution in [0.4, 0.5) is 0 Å². The third-order valence-corrected chi connectivity index (χ3v) is 2.76. The first-order chi connectivity index (χ1) is 7.15. The van der Waals surface area contributed by atoms with Gasteiger partial charge in [-0.3, -0.25) is 11.3 Å². The molecule has 0 spiro atoms. The molecule has 3 N–H and O–H groups in total. The first kappa shape index (κ1) is 12.0. The Morgan fingerprint density at radius 1 is 1.47 bits per heavy atom. The van der Waals surface area contributed by atoms with Crippen LogP contribution < -0.4 is 11.3 Å². The normalized spacial score (nSPS) is 12.5. The van der Waals surface area contributed by atoms with E-state index in [1.807, 2.05) is 6.92 Å². The number of nitrogens with two attached hydrogens (primary N) is 1. The average Bonchev–Trinajstić information content (AvgIpc) is 2.21. The van der Waals surface area contributed by atoms with Crippen molar-refractivity contribution in [2.24, 2.45) is 5.84 Å². The number of hydrogen-bond acceptors (Lipinski definition) is 2. The molecule has 0 aromatic heterocycles. The van der Waals surface area contributed by atoms with Gasteiger partial charge in [0.1, 0.15) is 0 Å². The van der Waals surface area contributed by atoms with Gasteiger partial charge in [-0.15, -0.1) is 0 Å². The van der Waals surface area contributed by atoms with E-state index in [2.05, 4.69) is 43.2 Å². The standard InChI is InChI=1S/C13H20N2/c1-10(2)13(15-14)9-8-12-7-5-4-6-11(12)3/h4-7,13,15H,1,8-9,14H2,2-3H3. The molecule has 1 rings (SSSR count). The van der Waals surface area contributed by atoms with Gasteiger partial charge in [-0.05, 0) is 37.8 Å². The van der Waals surface area contributed by atoms with E-state index in [4.69, 9.17) is 5.84 Å². The highest BCUT2D eigenvalue weighted by Crippen LogP contribution is 2.12. The van der Waals surface area contributed by atoms with Crippen LogP contribution in [0.25, 0.3) is 0 Å². The SMILES string of the molecule is C=C(C)C(CCc1ccccc1C)NN. The van der Waals surface area contributed by atoms with Crippen LogP contribution in [0, 0.1) is 6.92 Å². The molecule has 82 valence electrons. The van der Waals surface area contributed by atoms with Crippen molar-refractivity contribution in [1.82, 2.24) is 5.43 Å². The Hall–Kier alpha value is -1.12. The van der Waals surface area contributed by atoms with Crippen LogP contribution in [0.3, 0.4) is 0 Å². The van der Waals surface area contributed by atoms with E-state index in [0.717, 1.165) is 18.4 Å². The van der Waals surface area contributed by atoms with Gasteiger partial charge in [0.25, 0.3) is 0 Å². The Labute approximate surface area is 92.2 Å². The molecule has 0 aliphatic rings. The van der Waals surface area contributed by atoms with Gasteiger partial charge in [-0.1, -0.05) is 36.4 Å². The lowest BCUT2D eigenvalue weighted by Crippen LogP contribution is -2.36. The van der Waals surface area contributed by atoms with Gasteiger partial charge in [-0.2, -0.15) is 0 Å². The Morgan fingerprint density at radius 2 is 2.13 bits per heavy atom. The third-order valence-electron chi connectivity index (χ3n) is 2.76. The molecule has 0 heterocycles. The fourth-order valence-corrected chi connectivity index (χ4v) is 1.66. The minimum Gasteiger partial charge on any atom is -0.271 e. The third kappa shape index (κ3) is 3.50. The highest BCUT2D eigenvalue weighted by atomic mass is 15.2. The fraction of sp³-hybridized carbons (Fsp3) is 0.385. The summed E-state index contributed by atoms with van der Waals surface area (Å²) >= 11 is 0. The summed E-state index contributed by atoms with van der Waals surface area (Å²) in [7, 11) is 0. The summed E-state index contributed by atoms with van der Waals surface area (Å²) in [6.45, 7) is 8.06. The number of nitrogens with one attached hydrogen (secondary N) is 1. The molecule has 0 radical (unpaired) electrons. The maximum atomic E-state index is 5.47. The fourth-order valence-electron chi connectivity index (χ4n) is 1.66. The second-order valence-electron chi connectivity index (χ2n) is 4.03. The zero-order chi connectivity index (χ0) is 11.3. The first-order valence-electron chi connectivity index (χ1n) is 5.31. The molecule has 1 aromatic rings. The lowest BCUT2D eigenvalue weighted by atomic mass is 9.99. The molecular weight excluding hydrogens is 184 g/mol. The molecular formula is C13H20N2. The van der Waals surface area contributed by atoms with E-state index >= 15 is 0 Å². The van der Waals surface area contributed by atoms with Gasteiger partial charge in [0.15, 0.2) is 0 Å². The van der Waals surface area contributed by atoms with Crippen molar-refractivity contribution >= 4 is 0 Å². The molecule has 0 amide bonds. The van der Waals surface area contributed by atoms with Gasteiger partial charge in [0.2, 0.25) is 0 Å². The van der Waals surface area contributed by atoms with E-state index < -0.39 is 0 Å². The molecule has 2 heteroatoms. The Balaban J connectivity index is 2.56. The second kappa shape index (κ2) is 5.69. The topological polar surface area (TPSA) is 38.0 Å². The van der Waals surface area contributed by atoms with Crippen molar-refractivity contribution in [3.8, 4) is 0 Å². The summed E-state index contributed by atoms with van der Waals surface area (Å²) < 4.78 is 0. The van der Waals surface area contributed by atoms with Crippen LogP contribution in [-0.4, -0.2) is 6.04 Å². The molecule has 0 aliphatic heterocycles. The zero-order valence-electron chi connectivity index (χ0n) is 9.59. The lowest BCUT2D eigenvalue weighted by molar-refractivity contribution is 0.553. The van der Waals surface area contributed by atoms with Crippen LogP contribution in [-0.2, 0) is 6.42 Å². The summed E-state index contributed by atoms with van der Waals surface area (Å²) in [5.74, 6) is 5.47. The Kier molecular flexibility index (Phi) is 4.53. The molecule has 0 saturated heterocycles.